The van der Waals surface area contributed by atoms with Gasteiger partial charge in [-0.05, 0) is 0 Å². The van der Waals surface area contributed by atoms with Gasteiger partial charge in [-0.15, -0.1) is 0 Å². The number of carbonyl (C=O) groups is 1. The third kappa shape index (κ3) is 55.2. The maximum atomic E-state index is 9.00. The van der Waals surface area contributed by atoms with E-state index in [1.807, 2.05) is 0 Å². The molecule has 5 heavy (non-hydrogen) atoms. The Morgan fingerprint density at radius 2 is 1.40 bits per heavy atom. The molecule has 0 bridgehead atoms. The van der Waals surface area contributed by atoms with Crippen molar-refractivity contribution in [1.82, 2.24) is 0 Å². The molecule has 0 saturated heterocycles. The number of hydrogen-bond acceptors (Lipinski definition) is 1. The standard InChI is InChI=1S/CH4N2O.Ba/c2-1(3)4;/h(H4,2,3,4);/q;+2. The normalized spacial score (nSPS) is 4.80. The van der Waals surface area contributed by atoms with E-state index in [9.17, 15) is 0 Å². The molecule has 3 nitrogen and oxygen atoms in total. The Morgan fingerprint density at radius 1 is 1.40 bits per heavy atom. The van der Waals surface area contributed by atoms with Crippen LogP contribution in [0.15, 0.2) is 0 Å². The fourth-order valence-corrected chi connectivity index (χ4v) is 0. The van der Waals surface area contributed by atoms with Crippen LogP contribution in [-0.4, -0.2) is 54.9 Å². The van der Waals surface area contributed by atoms with Crippen LogP contribution in [0.1, 0.15) is 0 Å². The van der Waals surface area contributed by atoms with E-state index in [0.29, 0.717) is 0 Å². The minimum Gasteiger partial charge on any atom is -0.352 e. The molecule has 0 fully saturated rings. The molecule has 2 amide bonds. The fourth-order valence-electron chi connectivity index (χ4n) is 0. The number of amides is 2. The number of carbonyl (C=O) groups excluding carboxylic acids is 1. The molecule has 0 aliphatic carbocycles. The maximum Gasteiger partial charge on any atom is 2.00 e. The van der Waals surface area contributed by atoms with Crippen LogP contribution < -0.4 is 11.5 Å². The van der Waals surface area contributed by atoms with E-state index in [2.05, 4.69) is 11.5 Å². The first-order chi connectivity index (χ1) is 1.73. The van der Waals surface area contributed by atoms with Crippen molar-refractivity contribution in [2.24, 2.45) is 11.5 Å². The Kier molecular flexibility index (Phi) is 8.98. The minimum atomic E-state index is -0.833. The summed E-state index contributed by atoms with van der Waals surface area (Å²) in [6.45, 7) is 0. The first-order valence-corrected chi connectivity index (χ1v) is 0.781. The number of primary amides is 2. The van der Waals surface area contributed by atoms with Crippen molar-refractivity contribution < 1.29 is 4.79 Å². The van der Waals surface area contributed by atoms with Gasteiger partial charge in [-0.3, -0.25) is 0 Å². The summed E-state index contributed by atoms with van der Waals surface area (Å²) in [4.78, 5) is 9.00. The third-order valence-electron chi connectivity index (χ3n) is 0. The van der Waals surface area contributed by atoms with Crippen molar-refractivity contribution in [3.63, 3.8) is 0 Å². The van der Waals surface area contributed by atoms with Gasteiger partial charge in [0, 0.05) is 0 Å². The van der Waals surface area contributed by atoms with Gasteiger partial charge in [0.25, 0.3) is 0 Å². The molecule has 0 saturated carbocycles. The summed E-state index contributed by atoms with van der Waals surface area (Å²) in [5, 5.41) is 0. The Hall–Kier alpha value is 0.841. The van der Waals surface area contributed by atoms with Gasteiger partial charge in [-0.2, -0.15) is 0 Å². The van der Waals surface area contributed by atoms with Crippen LogP contribution in [0.2, 0.25) is 0 Å². The van der Waals surface area contributed by atoms with Gasteiger partial charge < -0.3 is 11.5 Å². The summed E-state index contributed by atoms with van der Waals surface area (Å²) in [5.41, 5.74) is 8.50. The van der Waals surface area contributed by atoms with Crippen LogP contribution in [0.5, 0.6) is 0 Å². The fraction of sp³-hybridized carbons (Fsp3) is 0. The summed E-state index contributed by atoms with van der Waals surface area (Å²) >= 11 is 0. The van der Waals surface area contributed by atoms with Crippen molar-refractivity contribution in [2.45, 2.75) is 0 Å². The number of rotatable bonds is 0. The van der Waals surface area contributed by atoms with E-state index >= 15 is 0 Å². The third-order valence-corrected chi connectivity index (χ3v) is 0. The van der Waals surface area contributed by atoms with Crippen LogP contribution >= 0.6 is 0 Å². The molecule has 0 aliphatic rings. The second-order valence-corrected chi connectivity index (χ2v) is 0.402. The molecule has 24 valence electrons. The van der Waals surface area contributed by atoms with Gasteiger partial charge in [-0.25, -0.2) is 4.79 Å². The Bertz CT molecular complexity index is 32.6. The Balaban J connectivity index is 0. The summed E-state index contributed by atoms with van der Waals surface area (Å²) in [7, 11) is 0. The molecular weight excluding hydrogens is 193 g/mol. The largest absolute Gasteiger partial charge is 2.00 e. The smallest absolute Gasteiger partial charge is 0.352 e. The summed E-state index contributed by atoms with van der Waals surface area (Å²) in [6.07, 6.45) is 0. The molecule has 4 N–H and O–H groups in total. The average molecular weight is 197 g/mol. The molecule has 0 aromatic carbocycles. The summed E-state index contributed by atoms with van der Waals surface area (Å²) in [5.74, 6) is 0. The van der Waals surface area contributed by atoms with E-state index in [1.54, 1.807) is 0 Å². The summed E-state index contributed by atoms with van der Waals surface area (Å²) < 4.78 is 0. The Morgan fingerprint density at radius 3 is 1.40 bits per heavy atom. The van der Waals surface area contributed by atoms with Crippen LogP contribution in [0.25, 0.3) is 0 Å². The van der Waals surface area contributed by atoms with E-state index in [0.717, 1.165) is 0 Å². The van der Waals surface area contributed by atoms with Gasteiger partial charge in [0.15, 0.2) is 0 Å². The van der Waals surface area contributed by atoms with E-state index < -0.39 is 6.03 Å². The summed E-state index contributed by atoms with van der Waals surface area (Å²) in [6, 6.07) is -0.833. The van der Waals surface area contributed by atoms with Gasteiger partial charge in [0.2, 0.25) is 0 Å². The van der Waals surface area contributed by atoms with Gasteiger partial charge in [0.1, 0.15) is 0 Å². The van der Waals surface area contributed by atoms with Gasteiger partial charge in [-0.1, -0.05) is 0 Å². The van der Waals surface area contributed by atoms with Gasteiger partial charge in [0.05, 0.1) is 0 Å². The molecule has 0 rings (SSSR count). The zero-order valence-electron chi connectivity index (χ0n) is 2.77. The second kappa shape index (κ2) is 4.84. The molecule has 0 unspecified atom stereocenters. The minimum absolute atomic E-state index is 0. The van der Waals surface area contributed by atoms with Crippen LogP contribution in [-0.2, 0) is 0 Å². The number of nitrogens with two attached hydrogens (primary N) is 2. The zero-order valence-corrected chi connectivity index (χ0v) is 7.21. The molecule has 0 aliphatic heterocycles. The molecular formula is CH4BaN2O+2. The molecule has 0 atom stereocenters. The predicted octanol–water partition coefficient (Wildman–Crippen LogP) is -1.36. The molecule has 4 heteroatoms. The van der Waals surface area contributed by atoms with Crippen molar-refractivity contribution in [3.8, 4) is 0 Å². The predicted molar refractivity (Wildman–Crippen MR) is 19.5 cm³/mol. The first-order valence-electron chi connectivity index (χ1n) is 0.781. The average Bonchev–Trinajstić information content (AvgIpc) is 0.811. The van der Waals surface area contributed by atoms with Crippen LogP contribution in [0, 0.1) is 0 Å². The van der Waals surface area contributed by atoms with E-state index in [-0.39, 0.29) is 48.9 Å². The SMILES string of the molecule is NC(N)=O.[Ba+2]. The maximum absolute atomic E-state index is 9.00. The molecule has 0 heterocycles. The Labute approximate surface area is 70.2 Å². The van der Waals surface area contributed by atoms with Crippen molar-refractivity contribution in [1.29, 1.82) is 0 Å². The zero-order chi connectivity index (χ0) is 3.58. The molecule has 0 aromatic rings. The van der Waals surface area contributed by atoms with Crippen LogP contribution in [0.4, 0.5) is 4.79 Å². The van der Waals surface area contributed by atoms with E-state index in [4.69, 9.17) is 4.79 Å². The van der Waals surface area contributed by atoms with Crippen molar-refractivity contribution >= 4 is 54.9 Å². The quantitative estimate of drug-likeness (QED) is 0.463. The van der Waals surface area contributed by atoms with Crippen LogP contribution in [0.3, 0.4) is 0 Å². The first kappa shape index (κ1) is 9.28. The monoisotopic (exact) mass is 198 g/mol. The topological polar surface area (TPSA) is 69.1 Å². The van der Waals surface area contributed by atoms with Gasteiger partial charge >= 0.3 is 54.9 Å². The second-order valence-electron chi connectivity index (χ2n) is 0.402. The molecule has 0 spiro atoms. The van der Waals surface area contributed by atoms with E-state index in [1.165, 1.54) is 0 Å². The number of hydrogen-bond donors (Lipinski definition) is 2. The van der Waals surface area contributed by atoms with Crippen molar-refractivity contribution in [3.05, 3.63) is 0 Å². The van der Waals surface area contributed by atoms with Crippen molar-refractivity contribution in [2.75, 3.05) is 0 Å². The molecule has 0 aromatic heterocycles. The number of urea groups is 1. The molecule has 0 radical (unpaired) electrons.